The third kappa shape index (κ3) is 2.25. The molecule has 2 aliphatic carbocycles. The molecule has 0 aromatic carbocycles. The number of carbonyl (C=O) groups excluding carboxylic acids is 1. The van der Waals surface area contributed by atoms with Crippen LogP contribution in [-0.2, 0) is 0 Å². The van der Waals surface area contributed by atoms with E-state index in [0.29, 0.717) is 17.3 Å². The van der Waals surface area contributed by atoms with Gasteiger partial charge in [0.1, 0.15) is 0 Å². The van der Waals surface area contributed by atoms with Crippen molar-refractivity contribution in [1.82, 2.24) is 9.88 Å². The van der Waals surface area contributed by atoms with Crippen molar-refractivity contribution in [2.24, 2.45) is 5.92 Å². The van der Waals surface area contributed by atoms with Crippen LogP contribution in [-0.4, -0.2) is 28.4 Å². The highest BCUT2D eigenvalue weighted by Crippen LogP contribution is 2.35. The van der Waals surface area contributed by atoms with Crippen LogP contribution >= 0.6 is 0 Å². The molecule has 0 bridgehead atoms. The Balaban J connectivity index is 1.80. The molecule has 0 unspecified atom stereocenters. The molecule has 1 amide bonds. The number of rotatable bonds is 4. The number of carbonyl (C=O) groups is 1. The summed E-state index contributed by atoms with van der Waals surface area (Å²) >= 11 is 0. The monoisotopic (exact) mass is 231 g/mol. The first-order chi connectivity index (χ1) is 8.25. The molecule has 17 heavy (non-hydrogen) atoms. The second-order valence-electron chi connectivity index (χ2n) is 5.09. The van der Waals surface area contributed by atoms with Crippen LogP contribution in [0.2, 0.25) is 0 Å². The van der Waals surface area contributed by atoms with E-state index in [1.807, 2.05) is 4.90 Å². The smallest absolute Gasteiger partial charge is 0.256 e. The van der Waals surface area contributed by atoms with Gasteiger partial charge in [0.25, 0.3) is 5.91 Å². The lowest BCUT2D eigenvalue weighted by Gasteiger charge is -2.22. The Morgan fingerprint density at radius 1 is 1.41 bits per heavy atom. The van der Waals surface area contributed by atoms with E-state index < -0.39 is 0 Å². The number of amides is 1. The van der Waals surface area contributed by atoms with E-state index in [9.17, 15) is 4.79 Å². The minimum absolute atomic E-state index is 0.0827. The molecule has 0 saturated heterocycles. The van der Waals surface area contributed by atoms with Gasteiger partial charge in [-0.3, -0.25) is 9.78 Å². The molecule has 2 aliphatic rings. The standard InChI is InChI=1S/C13H17N3O/c14-12-7-15-6-5-11(12)13(17)16(10-3-4-10)8-9-1-2-9/h5-7,9-10H,1-4,8,14H2. The van der Waals surface area contributed by atoms with Crippen molar-refractivity contribution in [2.45, 2.75) is 31.7 Å². The minimum atomic E-state index is 0.0827. The summed E-state index contributed by atoms with van der Waals surface area (Å²) in [4.78, 5) is 18.4. The summed E-state index contributed by atoms with van der Waals surface area (Å²) in [7, 11) is 0. The SMILES string of the molecule is Nc1cnccc1C(=O)N(CC1CC1)C1CC1. The lowest BCUT2D eigenvalue weighted by Crippen LogP contribution is -2.35. The molecule has 2 N–H and O–H groups in total. The van der Waals surface area contributed by atoms with Gasteiger partial charge < -0.3 is 10.6 Å². The fourth-order valence-electron chi connectivity index (χ4n) is 2.12. The molecule has 1 aromatic rings. The van der Waals surface area contributed by atoms with Gasteiger partial charge in [-0.2, -0.15) is 0 Å². The number of nitrogens with zero attached hydrogens (tertiary/aromatic N) is 2. The summed E-state index contributed by atoms with van der Waals surface area (Å²) < 4.78 is 0. The van der Waals surface area contributed by atoms with Crippen molar-refractivity contribution >= 4 is 11.6 Å². The largest absolute Gasteiger partial charge is 0.397 e. The van der Waals surface area contributed by atoms with Gasteiger partial charge in [-0.05, 0) is 37.7 Å². The zero-order chi connectivity index (χ0) is 11.8. The Morgan fingerprint density at radius 2 is 2.18 bits per heavy atom. The van der Waals surface area contributed by atoms with Crippen LogP contribution in [0, 0.1) is 5.92 Å². The zero-order valence-electron chi connectivity index (χ0n) is 9.80. The zero-order valence-corrected chi connectivity index (χ0v) is 9.80. The normalized spacial score (nSPS) is 19.1. The molecule has 1 aromatic heterocycles. The predicted octanol–water partition coefficient (Wildman–Crippen LogP) is 1.68. The third-order valence-electron chi connectivity index (χ3n) is 3.48. The van der Waals surface area contributed by atoms with E-state index in [0.717, 1.165) is 25.3 Å². The number of hydrogen-bond donors (Lipinski definition) is 1. The summed E-state index contributed by atoms with van der Waals surface area (Å²) in [5.74, 6) is 0.807. The predicted molar refractivity (Wildman–Crippen MR) is 65.4 cm³/mol. The minimum Gasteiger partial charge on any atom is -0.397 e. The first kappa shape index (κ1) is 10.6. The first-order valence-electron chi connectivity index (χ1n) is 6.26. The molecule has 2 fully saturated rings. The summed E-state index contributed by atoms with van der Waals surface area (Å²) in [6, 6.07) is 2.18. The highest BCUT2D eigenvalue weighted by atomic mass is 16.2. The molecule has 0 aliphatic heterocycles. The molecular formula is C13H17N3O. The number of nitrogen functional groups attached to an aromatic ring is 1. The Labute approximate surface area is 101 Å². The van der Waals surface area contributed by atoms with Crippen LogP contribution in [0.25, 0.3) is 0 Å². The Kier molecular flexibility index (Phi) is 2.50. The highest BCUT2D eigenvalue weighted by molar-refractivity contribution is 5.99. The van der Waals surface area contributed by atoms with E-state index in [2.05, 4.69) is 4.98 Å². The lowest BCUT2D eigenvalue weighted by atomic mass is 10.2. The van der Waals surface area contributed by atoms with Gasteiger partial charge in [0.05, 0.1) is 17.4 Å². The van der Waals surface area contributed by atoms with Crippen LogP contribution in [0.3, 0.4) is 0 Å². The van der Waals surface area contributed by atoms with E-state index in [4.69, 9.17) is 5.73 Å². The maximum Gasteiger partial charge on any atom is 0.256 e. The molecule has 0 atom stereocenters. The fourth-order valence-corrected chi connectivity index (χ4v) is 2.12. The maximum atomic E-state index is 12.4. The molecule has 4 nitrogen and oxygen atoms in total. The van der Waals surface area contributed by atoms with Crippen LogP contribution in [0.5, 0.6) is 0 Å². The van der Waals surface area contributed by atoms with Gasteiger partial charge in [0.2, 0.25) is 0 Å². The topological polar surface area (TPSA) is 59.2 Å². The van der Waals surface area contributed by atoms with Crippen molar-refractivity contribution in [3.8, 4) is 0 Å². The summed E-state index contributed by atoms with van der Waals surface area (Å²) in [6.45, 7) is 0.908. The number of nitrogens with two attached hydrogens (primary N) is 1. The average Bonchev–Trinajstić information content (AvgIpc) is 3.17. The van der Waals surface area contributed by atoms with E-state index in [1.54, 1.807) is 18.5 Å². The molecular weight excluding hydrogens is 214 g/mol. The molecule has 90 valence electrons. The van der Waals surface area contributed by atoms with Gasteiger partial charge in [-0.1, -0.05) is 0 Å². The van der Waals surface area contributed by atoms with Crippen molar-refractivity contribution in [3.63, 3.8) is 0 Å². The van der Waals surface area contributed by atoms with Gasteiger partial charge in [0, 0.05) is 18.8 Å². The van der Waals surface area contributed by atoms with Gasteiger partial charge in [-0.25, -0.2) is 0 Å². The summed E-state index contributed by atoms with van der Waals surface area (Å²) in [5.41, 5.74) is 6.91. The number of pyridine rings is 1. The molecule has 1 heterocycles. The van der Waals surface area contributed by atoms with Crippen LogP contribution < -0.4 is 5.73 Å². The van der Waals surface area contributed by atoms with Crippen molar-refractivity contribution in [3.05, 3.63) is 24.0 Å². The number of anilines is 1. The van der Waals surface area contributed by atoms with E-state index in [-0.39, 0.29) is 5.91 Å². The van der Waals surface area contributed by atoms with Crippen LogP contribution in [0.4, 0.5) is 5.69 Å². The van der Waals surface area contributed by atoms with Gasteiger partial charge >= 0.3 is 0 Å². The average molecular weight is 231 g/mol. The number of aromatic nitrogens is 1. The van der Waals surface area contributed by atoms with E-state index in [1.165, 1.54) is 12.8 Å². The number of hydrogen-bond acceptors (Lipinski definition) is 3. The molecule has 0 radical (unpaired) electrons. The fraction of sp³-hybridized carbons (Fsp3) is 0.538. The highest BCUT2D eigenvalue weighted by Gasteiger charge is 2.37. The quantitative estimate of drug-likeness (QED) is 0.857. The molecule has 2 saturated carbocycles. The summed E-state index contributed by atoms with van der Waals surface area (Å²) in [6.07, 6.45) is 8.00. The molecule has 3 rings (SSSR count). The third-order valence-corrected chi connectivity index (χ3v) is 3.48. The second kappa shape index (κ2) is 4.02. The van der Waals surface area contributed by atoms with Crippen molar-refractivity contribution < 1.29 is 4.79 Å². The Morgan fingerprint density at radius 3 is 2.76 bits per heavy atom. The summed E-state index contributed by atoms with van der Waals surface area (Å²) in [5, 5.41) is 0. The Bertz CT molecular complexity index is 438. The van der Waals surface area contributed by atoms with Gasteiger partial charge in [-0.15, -0.1) is 0 Å². The maximum absolute atomic E-state index is 12.4. The Hall–Kier alpha value is -1.58. The van der Waals surface area contributed by atoms with E-state index >= 15 is 0 Å². The van der Waals surface area contributed by atoms with Gasteiger partial charge in [0.15, 0.2) is 0 Å². The van der Waals surface area contributed by atoms with Crippen molar-refractivity contribution in [1.29, 1.82) is 0 Å². The second-order valence-corrected chi connectivity index (χ2v) is 5.09. The first-order valence-corrected chi connectivity index (χ1v) is 6.26. The lowest BCUT2D eigenvalue weighted by molar-refractivity contribution is 0.0736. The van der Waals surface area contributed by atoms with Crippen molar-refractivity contribution in [2.75, 3.05) is 12.3 Å². The molecule has 0 spiro atoms. The van der Waals surface area contributed by atoms with Crippen LogP contribution in [0.15, 0.2) is 18.5 Å². The van der Waals surface area contributed by atoms with Crippen LogP contribution in [0.1, 0.15) is 36.0 Å². The molecule has 4 heteroatoms.